The van der Waals surface area contributed by atoms with Crippen LogP contribution >= 0.6 is 0 Å². The molecular weight excluding hydrogens is 198 g/mol. The molecule has 0 unspecified atom stereocenters. The maximum atomic E-state index is 10.1. The molecule has 0 aliphatic rings. The van der Waals surface area contributed by atoms with E-state index in [1.165, 1.54) is 0 Å². The van der Waals surface area contributed by atoms with Crippen molar-refractivity contribution in [2.24, 2.45) is 0 Å². The molecule has 0 fully saturated rings. The van der Waals surface area contributed by atoms with Crippen molar-refractivity contribution in [3.63, 3.8) is 0 Å². The van der Waals surface area contributed by atoms with Crippen molar-refractivity contribution in [1.82, 2.24) is 0 Å². The Balaban J connectivity index is 0. The number of rotatable bonds is 2. The van der Waals surface area contributed by atoms with Crippen LogP contribution in [0.15, 0.2) is 16.7 Å². The summed E-state index contributed by atoms with van der Waals surface area (Å²) in [5.41, 5.74) is -0.509. The molecule has 5 nitrogen and oxygen atoms in total. The van der Waals surface area contributed by atoms with Gasteiger partial charge in [-0.3, -0.25) is 0 Å². The van der Waals surface area contributed by atoms with Crippen molar-refractivity contribution in [1.29, 1.82) is 0 Å². The number of carbonyl (C=O) groups is 2. The fourth-order valence-electron chi connectivity index (χ4n) is 0.628. The van der Waals surface area contributed by atoms with Crippen LogP contribution in [0.2, 0.25) is 0 Å². The van der Waals surface area contributed by atoms with Gasteiger partial charge in [0.25, 0.3) is 0 Å². The molecule has 1 heterocycles. The van der Waals surface area contributed by atoms with Gasteiger partial charge in [-0.15, -0.1) is 0 Å². The van der Waals surface area contributed by atoms with E-state index in [0.717, 1.165) is 12.3 Å². The molecule has 13 heavy (non-hydrogen) atoms. The molecular formula is C6H2Na2O5. The molecule has 0 aliphatic heterocycles. The van der Waals surface area contributed by atoms with Crippen LogP contribution in [-0.2, 0) is 0 Å². The molecule has 1 aromatic rings. The quantitative estimate of drug-likeness (QED) is 0.442. The second kappa shape index (κ2) is 6.64. The second-order valence-electron chi connectivity index (χ2n) is 1.74. The van der Waals surface area contributed by atoms with Gasteiger partial charge in [-0.25, -0.2) is 0 Å². The standard InChI is InChI=1S/C6H4O5.2Na/c7-5(8)3-1-2-11-4(3)6(9)10;;/h1-2H,(H,7,8)(H,9,10);;/q;2*+1/p-2. The minimum absolute atomic E-state index is 0. The average molecular weight is 200 g/mol. The zero-order valence-corrected chi connectivity index (χ0v) is 11.2. The summed E-state index contributed by atoms with van der Waals surface area (Å²) in [6.07, 6.45) is 0.941. The fourth-order valence-corrected chi connectivity index (χ4v) is 0.628. The zero-order chi connectivity index (χ0) is 8.43. The maximum Gasteiger partial charge on any atom is 1.00 e. The third kappa shape index (κ3) is 3.84. The Morgan fingerprint density at radius 1 is 1.15 bits per heavy atom. The van der Waals surface area contributed by atoms with Crippen molar-refractivity contribution in [3.8, 4) is 0 Å². The van der Waals surface area contributed by atoms with Crippen molar-refractivity contribution >= 4 is 11.9 Å². The SMILES string of the molecule is O=C([O-])c1ccoc1C(=O)[O-].[Na+].[Na+]. The van der Waals surface area contributed by atoms with Crippen molar-refractivity contribution in [3.05, 3.63) is 23.7 Å². The summed E-state index contributed by atoms with van der Waals surface area (Å²) in [5, 5.41) is 20.2. The van der Waals surface area contributed by atoms with Gasteiger partial charge in [-0.1, -0.05) is 0 Å². The number of carbonyl (C=O) groups excluding carboxylic acids is 2. The van der Waals surface area contributed by atoms with Crippen molar-refractivity contribution in [2.75, 3.05) is 0 Å². The Kier molecular flexibility index (Phi) is 8.01. The molecule has 0 spiro atoms. The van der Waals surface area contributed by atoms with E-state index in [1.807, 2.05) is 0 Å². The van der Waals surface area contributed by atoms with Gasteiger partial charge in [0.1, 0.15) is 5.97 Å². The first kappa shape index (κ1) is 15.7. The number of hydrogen-bond acceptors (Lipinski definition) is 5. The summed E-state index contributed by atoms with van der Waals surface area (Å²) in [6.45, 7) is 0. The predicted molar refractivity (Wildman–Crippen MR) is 27.4 cm³/mol. The normalized spacial score (nSPS) is 8.00. The monoisotopic (exact) mass is 200 g/mol. The molecule has 1 rings (SSSR count). The van der Waals surface area contributed by atoms with Gasteiger partial charge in [-0.2, -0.15) is 0 Å². The number of carboxylic acid groups (broad SMARTS) is 2. The predicted octanol–water partition coefficient (Wildman–Crippen LogP) is -7.99. The molecule has 0 radical (unpaired) electrons. The molecule has 0 amide bonds. The minimum Gasteiger partial charge on any atom is -0.545 e. The largest absolute Gasteiger partial charge is 1.00 e. The molecule has 0 aliphatic carbocycles. The Morgan fingerprint density at radius 2 is 1.69 bits per heavy atom. The Morgan fingerprint density at radius 3 is 2.00 bits per heavy atom. The fraction of sp³-hybridized carbons (Fsp3) is 0. The van der Waals surface area contributed by atoms with Crippen LogP contribution in [0.4, 0.5) is 0 Å². The summed E-state index contributed by atoms with van der Waals surface area (Å²) in [6, 6.07) is 0.987. The molecule has 7 heteroatoms. The van der Waals surface area contributed by atoms with Gasteiger partial charge in [0.05, 0.1) is 12.2 Å². The minimum atomic E-state index is -1.67. The van der Waals surface area contributed by atoms with E-state index in [9.17, 15) is 19.8 Å². The van der Waals surface area contributed by atoms with Gasteiger partial charge < -0.3 is 24.2 Å². The van der Waals surface area contributed by atoms with Crippen LogP contribution in [0, 0.1) is 0 Å². The Bertz CT molecular complexity index is 277. The van der Waals surface area contributed by atoms with E-state index in [0.29, 0.717) is 0 Å². The van der Waals surface area contributed by atoms with Crippen molar-refractivity contribution in [2.45, 2.75) is 0 Å². The van der Waals surface area contributed by atoms with Gasteiger partial charge >= 0.3 is 59.1 Å². The third-order valence-electron chi connectivity index (χ3n) is 1.07. The van der Waals surface area contributed by atoms with Crippen LogP contribution in [0.3, 0.4) is 0 Å². The summed E-state index contributed by atoms with van der Waals surface area (Å²) in [4.78, 5) is 20.2. The second-order valence-corrected chi connectivity index (χ2v) is 1.74. The number of furan rings is 1. The molecule has 1 aromatic heterocycles. The van der Waals surface area contributed by atoms with Crippen LogP contribution in [0.25, 0.3) is 0 Å². The van der Waals surface area contributed by atoms with Crippen LogP contribution in [0.1, 0.15) is 20.9 Å². The van der Waals surface area contributed by atoms with E-state index < -0.39 is 23.3 Å². The number of hydrogen-bond donors (Lipinski definition) is 0. The number of aromatic carboxylic acids is 2. The van der Waals surface area contributed by atoms with Gasteiger partial charge in [0.15, 0.2) is 5.76 Å². The van der Waals surface area contributed by atoms with E-state index in [2.05, 4.69) is 4.42 Å². The first-order chi connectivity index (χ1) is 5.13. The molecule has 0 saturated carbocycles. The van der Waals surface area contributed by atoms with E-state index >= 15 is 0 Å². The topological polar surface area (TPSA) is 93.4 Å². The van der Waals surface area contributed by atoms with Crippen molar-refractivity contribution < 1.29 is 83.3 Å². The molecule has 0 bridgehead atoms. The smallest absolute Gasteiger partial charge is 0.545 e. The van der Waals surface area contributed by atoms with E-state index in [-0.39, 0.29) is 59.1 Å². The van der Waals surface area contributed by atoms with E-state index in [4.69, 9.17) is 0 Å². The average Bonchev–Trinajstić information content (AvgIpc) is 2.32. The maximum absolute atomic E-state index is 10.1. The summed E-state index contributed by atoms with van der Waals surface area (Å²) >= 11 is 0. The third-order valence-corrected chi connectivity index (χ3v) is 1.07. The molecule has 0 atom stereocenters. The van der Waals surface area contributed by atoms with Crippen LogP contribution in [-0.4, -0.2) is 11.9 Å². The van der Waals surface area contributed by atoms with E-state index in [1.54, 1.807) is 0 Å². The molecule has 58 valence electrons. The van der Waals surface area contributed by atoms with Gasteiger partial charge in [-0.05, 0) is 6.07 Å². The van der Waals surface area contributed by atoms with Crippen LogP contribution < -0.4 is 69.3 Å². The van der Waals surface area contributed by atoms with Gasteiger partial charge in [0, 0.05) is 5.56 Å². The summed E-state index contributed by atoms with van der Waals surface area (Å²) in [5.74, 6) is -3.99. The first-order valence-electron chi connectivity index (χ1n) is 2.63. The first-order valence-corrected chi connectivity index (χ1v) is 2.63. The summed E-state index contributed by atoms with van der Waals surface area (Å²) < 4.78 is 4.30. The number of carboxylic acids is 2. The van der Waals surface area contributed by atoms with Crippen LogP contribution in [0.5, 0.6) is 0 Å². The summed E-state index contributed by atoms with van der Waals surface area (Å²) in [7, 11) is 0. The zero-order valence-electron chi connectivity index (χ0n) is 7.20. The molecule has 0 saturated heterocycles. The molecule has 0 N–H and O–H groups in total. The Hall–Kier alpha value is 0.220. The van der Waals surface area contributed by atoms with Gasteiger partial charge in [0.2, 0.25) is 0 Å². The molecule has 0 aromatic carbocycles. The Labute approximate surface area is 118 Å².